The third-order valence-electron chi connectivity index (χ3n) is 4.68. The maximum Gasteiger partial charge on any atom is 0.226 e. The van der Waals surface area contributed by atoms with Crippen LogP contribution in [0.15, 0.2) is 34.9 Å². The van der Waals surface area contributed by atoms with E-state index < -0.39 is 5.54 Å². The second-order valence-corrected chi connectivity index (χ2v) is 6.96. The number of halogens is 1. The van der Waals surface area contributed by atoms with E-state index >= 15 is 0 Å². The number of rotatable bonds is 4. The van der Waals surface area contributed by atoms with Crippen molar-refractivity contribution in [2.75, 3.05) is 6.54 Å². The summed E-state index contributed by atoms with van der Waals surface area (Å²) in [5.41, 5.74) is 0.339. The van der Waals surface area contributed by atoms with Gasteiger partial charge in [0, 0.05) is 18.9 Å². The highest BCUT2D eigenvalue weighted by Gasteiger charge is 2.45. The Bertz CT molecular complexity index is 740. The summed E-state index contributed by atoms with van der Waals surface area (Å²) in [6.07, 6.45) is 3.95. The van der Waals surface area contributed by atoms with Gasteiger partial charge in [-0.05, 0) is 37.5 Å². The van der Waals surface area contributed by atoms with Crippen LogP contribution in [0.4, 0.5) is 4.39 Å². The number of benzene rings is 1. The zero-order valence-electron chi connectivity index (χ0n) is 14.4. The van der Waals surface area contributed by atoms with Gasteiger partial charge in [0.1, 0.15) is 17.1 Å². The summed E-state index contributed by atoms with van der Waals surface area (Å²) in [6.45, 7) is 6.56. The first-order valence-electron chi connectivity index (χ1n) is 8.41. The summed E-state index contributed by atoms with van der Waals surface area (Å²) in [4.78, 5) is 18.8. The molecule has 24 heavy (non-hydrogen) atoms. The average molecular weight is 330 g/mol. The van der Waals surface area contributed by atoms with Crippen LogP contribution in [-0.2, 0) is 16.8 Å². The zero-order valence-corrected chi connectivity index (χ0v) is 14.4. The van der Waals surface area contributed by atoms with Gasteiger partial charge < -0.3 is 9.32 Å². The molecule has 3 rings (SSSR count). The largest absolute Gasteiger partial charge is 0.443 e. The smallest absolute Gasteiger partial charge is 0.226 e. The highest BCUT2D eigenvalue weighted by atomic mass is 19.1. The van der Waals surface area contributed by atoms with Crippen LogP contribution in [0.25, 0.3) is 0 Å². The molecule has 2 heterocycles. The molecule has 5 heteroatoms. The highest BCUT2D eigenvalue weighted by Crippen LogP contribution is 2.39. The molecule has 0 unspecified atom stereocenters. The average Bonchev–Trinajstić information content (AvgIpc) is 3.14. The molecule has 0 N–H and O–H groups in total. The fourth-order valence-corrected chi connectivity index (χ4v) is 3.34. The number of carbonyl (C=O) groups excluding carboxylic acids is 1. The maximum absolute atomic E-state index is 13.3. The molecular formula is C19H23FN2O2. The fraction of sp³-hybridized carbons (Fsp3) is 0.474. The Morgan fingerprint density at radius 1 is 1.46 bits per heavy atom. The van der Waals surface area contributed by atoms with Gasteiger partial charge in [0.2, 0.25) is 11.8 Å². The Labute approximate surface area is 141 Å². The van der Waals surface area contributed by atoms with Gasteiger partial charge in [0.15, 0.2) is 0 Å². The van der Waals surface area contributed by atoms with Crippen LogP contribution < -0.4 is 0 Å². The molecule has 0 aliphatic carbocycles. The molecule has 1 aromatic heterocycles. The molecule has 1 atom stereocenters. The maximum atomic E-state index is 13.3. The predicted molar refractivity (Wildman–Crippen MR) is 88.8 cm³/mol. The minimum atomic E-state index is -0.498. The Hall–Kier alpha value is -2.17. The number of nitrogens with zero attached hydrogens (tertiary/aromatic N) is 2. The quantitative estimate of drug-likeness (QED) is 0.854. The van der Waals surface area contributed by atoms with Crippen molar-refractivity contribution in [3.8, 4) is 0 Å². The van der Waals surface area contributed by atoms with Crippen molar-refractivity contribution in [1.82, 2.24) is 9.88 Å². The lowest BCUT2D eigenvalue weighted by atomic mass is 9.97. The third-order valence-corrected chi connectivity index (χ3v) is 4.68. The van der Waals surface area contributed by atoms with E-state index in [1.807, 2.05) is 31.7 Å². The number of amides is 1. The van der Waals surface area contributed by atoms with Gasteiger partial charge in [-0.15, -0.1) is 0 Å². The van der Waals surface area contributed by atoms with Crippen molar-refractivity contribution >= 4 is 5.91 Å². The molecule has 0 bridgehead atoms. The van der Waals surface area contributed by atoms with Crippen LogP contribution >= 0.6 is 0 Å². The molecule has 1 fully saturated rings. The first-order chi connectivity index (χ1) is 11.4. The molecule has 0 saturated carbocycles. The van der Waals surface area contributed by atoms with E-state index in [4.69, 9.17) is 4.42 Å². The number of likely N-dealkylation sites (tertiary alicyclic amines) is 1. The molecule has 128 valence electrons. The summed E-state index contributed by atoms with van der Waals surface area (Å²) in [6, 6.07) is 6.46. The lowest BCUT2D eigenvalue weighted by molar-refractivity contribution is -0.139. The van der Waals surface area contributed by atoms with Gasteiger partial charge >= 0.3 is 0 Å². The van der Waals surface area contributed by atoms with E-state index in [0.29, 0.717) is 18.1 Å². The lowest BCUT2D eigenvalue weighted by Gasteiger charge is -2.33. The van der Waals surface area contributed by atoms with Crippen LogP contribution in [-0.4, -0.2) is 22.3 Å². The summed E-state index contributed by atoms with van der Waals surface area (Å²) >= 11 is 0. The molecule has 0 radical (unpaired) electrons. The van der Waals surface area contributed by atoms with Crippen molar-refractivity contribution in [3.63, 3.8) is 0 Å². The third kappa shape index (κ3) is 3.07. The Morgan fingerprint density at radius 3 is 2.96 bits per heavy atom. The lowest BCUT2D eigenvalue weighted by Crippen LogP contribution is -2.44. The fourth-order valence-electron chi connectivity index (χ4n) is 3.34. The van der Waals surface area contributed by atoms with E-state index in [1.165, 1.54) is 12.1 Å². The summed E-state index contributed by atoms with van der Waals surface area (Å²) in [5.74, 6) is 1.06. The van der Waals surface area contributed by atoms with E-state index in [9.17, 15) is 9.18 Å². The van der Waals surface area contributed by atoms with E-state index in [2.05, 4.69) is 4.98 Å². The number of oxazole rings is 1. The van der Waals surface area contributed by atoms with Crippen LogP contribution in [0.5, 0.6) is 0 Å². The monoisotopic (exact) mass is 330 g/mol. The number of aromatic nitrogens is 1. The first-order valence-corrected chi connectivity index (χ1v) is 8.41. The molecule has 1 aromatic carbocycles. The molecule has 0 spiro atoms. The number of hydrogen-bond donors (Lipinski definition) is 0. The number of carbonyl (C=O) groups is 1. The van der Waals surface area contributed by atoms with Gasteiger partial charge in [0.05, 0.1) is 6.20 Å². The number of hydrogen-bond acceptors (Lipinski definition) is 3. The van der Waals surface area contributed by atoms with Gasteiger partial charge in [-0.3, -0.25) is 4.79 Å². The first kappa shape index (κ1) is 16.7. The Balaban J connectivity index is 1.82. The summed E-state index contributed by atoms with van der Waals surface area (Å²) in [5, 5.41) is 0. The van der Waals surface area contributed by atoms with Crippen LogP contribution in [0.1, 0.15) is 50.8 Å². The SMILES string of the molecule is CC(C)C(=O)N1CCC[C@]1(C)c1ncc(Cc2cccc(F)c2)o1. The molecule has 1 aliphatic rings. The summed E-state index contributed by atoms with van der Waals surface area (Å²) < 4.78 is 19.3. The van der Waals surface area contributed by atoms with Crippen LogP contribution in [0, 0.1) is 11.7 Å². The van der Waals surface area contributed by atoms with Crippen molar-refractivity contribution in [1.29, 1.82) is 0 Å². The molecular weight excluding hydrogens is 307 g/mol. The molecule has 1 amide bonds. The highest BCUT2D eigenvalue weighted by molar-refractivity contribution is 5.79. The van der Waals surface area contributed by atoms with Crippen molar-refractivity contribution in [2.45, 2.75) is 45.6 Å². The molecule has 4 nitrogen and oxygen atoms in total. The van der Waals surface area contributed by atoms with E-state index in [1.54, 1.807) is 12.3 Å². The minimum Gasteiger partial charge on any atom is -0.443 e. The Morgan fingerprint density at radius 2 is 2.25 bits per heavy atom. The Kier molecular flexibility index (Phi) is 4.43. The van der Waals surface area contributed by atoms with Gasteiger partial charge in [-0.1, -0.05) is 26.0 Å². The predicted octanol–water partition coefficient (Wildman–Crippen LogP) is 3.90. The van der Waals surface area contributed by atoms with Gasteiger partial charge in [-0.2, -0.15) is 0 Å². The molecule has 1 saturated heterocycles. The molecule has 2 aromatic rings. The topological polar surface area (TPSA) is 46.3 Å². The minimum absolute atomic E-state index is 0.0517. The van der Waals surface area contributed by atoms with Crippen molar-refractivity contribution in [3.05, 3.63) is 53.5 Å². The zero-order chi connectivity index (χ0) is 17.3. The van der Waals surface area contributed by atoms with Crippen LogP contribution in [0.3, 0.4) is 0 Å². The van der Waals surface area contributed by atoms with Gasteiger partial charge in [0.25, 0.3) is 0 Å². The van der Waals surface area contributed by atoms with Crippen molar-refractivity contribution in [2.24, 2.45) is 5.92 Å². The van der Waals surface area contributed by atoms with Crippen LogP contribution in [0.2, 0.25) is 0 Å². The van der Waals surface area contributed by atoms with Gasteiger partial charge in [-0.25, -0.2) is 9.37 Å². The van der Waals surface area contributed by atoms with E-state index in [-0.39, 0.29) is 17.6 Å². The standard InChI is InChI=1S/C19H23FN2O2/c1-13(2)17(23)22-9-5-8-19(22,3)18-21-12-16(24-18)11-14-6-4-7-15(20)10-14/h4,6-7,10,12-13H,5,8-9,11H2,1-3H3/t19-/m1/s1. The second kappa shape index (κ2) is 6.38. The molecule has 1 aliphatic heterocycles. The van der Waals surface area contributed by atoms with Crippen molar-refractivity contribution < 1.29 is 13.6 Å². The second-order valence-electron chi connectivity index (χ2n) is 6.96. The van der Waals surface area contributed by atoms with E-state index in [0.717, 1.165) is 24.9 Å². The normalized spacial score (nSPS) is 20.8. The summed E-state index contributed by atoms with van der Waals surface area (Å²) in [7, 11) is 0.